The van der Waals surface area contributed by atoms with Gasteiger partial charge in [0.2, 0.25) is 0 Å². The maximum atomic E-state index is 8.93. The highest BCUT2D eigenvalue weighted by molar-refractivity contribution is 5.46. The Bertz CT molecular complexity index is 404. The van der Waals surface area contributed by atoms with Gasteiger partial charge in [-0.1, -0.05) is 6.92 Å². The number of nitrogens with one attached hydrogen (secondary N) is 1. The van der Waals surface area contributed by atoms with Crippen molar-refractivity contribution in [3.8, 4) is 6.07 Å². The summed E-state index contributed by atoms with van der Waals surface area (Å²) in [6.45, 7) is 5.25. The van der Waals surface area contributed by atoms with Crippen LogP contribution >= 0.6 is 0 Å². The number of rotatable bonds is 4. The molecule has 0 saturated carbocycles. The number of hydrogen-bond donors (Lipinski definition) is 1. The Kier molecular flexibility index (Phi) is 3.94. The number of nitriles is 1. The third kappa shape index (κ3) is 2.75. The minimum atomic E-state index is 0.511. The zero-order chi connectivity index (χ0) is 12.1. The maximum absolute atomic E-state index is 8.93. The van der Waals surface area contributed by atoms with Crippen LogP contribution in [0, 0.1) is 11.3 Å². The number of aromatic nitrogens is 1. The van der Waals surface area contributed by atoms with Gasteiger partial charge in [0.1, 0.15) is 5.82 Å². The van der Waals surface area contributed by atoms with E-state index in [1.807, 2.05) is 6.07 Å². The van der Waals surface area contributed by atoms with Gasteiger partial charge in [-0.15, -0.1) is 0 Å². The van der Waals surface area contributed by atoms with Gasteiger partial charge in [0, 0.05) is 25.3 Å². The van der Waals surface area contributed by atoms with E-state index in [2.05, 4.69) is 28.2 Å². The Balaban J connectivity index is 2.21. The second-order valence-electron chi connectivity index (χ2n) is 4.35. The minimum absolute atomic E-state index is 0.511. The molecule has 1 aliphatic rings. The smallest absolute Gasteiger partial charge is 0.130 e. The molecule has 0 amide bonds. The standard InChI is InChI=1S/C13H18N4/c1-2-7-17(12-4-5-15-10-12)13-8-11(9-14)3-6-16-13/h3,6,8,12,15H,2,4-5,7,10H2,1H3. The molecule has 2 heterocycles. The first kappa shape index (κ1) is 11.9. The molecule has 1 unspecified atom stereocenters. The summed E-state index contributed by atoms with van der Waals surface area (Å²) in [4.78, 5) is 6.72. The van der Waals surface area contributed by atoms with E-state index in [4.69, 9.17) is 5.26 Å². The van der Waals surface area contributed by atoms with Crippen molar-refractivity contribution < 1.29 is 0 Å². The first-order valence-electron chi connectivity index (χ1n) is 6.18. The zero-order valence-electron chi connectivity index (χ0n) is 10.2. The second kappa shape index (κ2) is 5.65. The lowest BCUT2D eigenvalue weighted by Gasteiger charge is -2.29. The fourth-order valence-corrected chi connectivity index (χ4v) is 2.28. The molecule has 2 rings (SSSR count). The van der Waals surface area contributed by atoms with Crippen LogP contribution in [0.3, 0.4) is 0 Å². The molecule has 0 aromatic carbocycles. The molecule has 0 aliphatic carbocycles. The highest BCUT2D eigenvalue weighted by atomic mass is 15.2. The number of anilines is 1. The maximum Gasteiger partial charge on any atom is 0.130 e. The molecule has 1 aromatic heterocycles. The van der Waals surface area contributed by atoms with Crippen molar-refractivity contribution in [3.63, 3.8) is 0 Å². The Labute approximate surface area is 102 Å². The normalized spacial score (nSPS) is 18.9. The van der Waals surface area contributed by atoms with Crippen molar-refractivity contribution in [2.45, 2.75) is 25.8 Å². The summed E-state index contributed by atoms with van der Waals surface area (Å²) >= 11 is 0. The molecular formula is C13H18N4. The van der Waals surface area contributed by atoms with E-state index in [9.17, 15) is 0 Å². The summed E-state index contributed by atoms with van der Waals surface area (Å²) in [5.41, 5.74) is 0.682. The monoisotopic (exact) mass is 230 g/mol. The second-order valence-corrected chi connectivity index (χ2v) is 4.35. The molecule has 90 valence electrons. The number of pyridine rings is 1. The molecule has 17 heavy (non-hydrogen) atoms. The molecule has 1 aromatic rings. The van der Waals surface area contributed by atoms with Gasteiger partial charge < -0.3 is 10.2 Å². The van der Waals surface area contributed by atoms with Crippen LogP contribution in [-0.4, -0.2) is 30.7 Å². The summed E-state index contributed by atoms with van der Waals surface area (Å²) in [7, 11) is 0. The molecule has 1 N–H and O–H groups in total. The molecule has 0 spiro atoms. The number of hydrogen-bond acceptors (Lipinski definition) is 4. The first-order valence-corrected chi connectivity index (χ1v) is 6.18. The van der Waals surface area contributed by atoms with Crippen LogP contribution in [0.2, 0.25) is 0 Å². The fourth-order valence-electron chi connectivity index (χ4n) is 2.28. The van der Waals surface area contributed by atoms with E-state index in [0.717, 1.165) is 38.3 Å². The van der Waals surface area contributed by atoms with Crippen molar-refractivity contribution >= 4 is 5.82 Å². The Morgan fingerprint density at radius 2 is 2.53 bits per heavy atom. The largest absolute Gasteiger partial charge is 0.352 e. The molecule has 4 nitrogen and oxygen atoms in total. The summed E-state index contributed by atoms with van der Waals surface area (Å²) in [6.07, 6.45) is 3.96. The first-order chi connectivity index (χ1) is 8.35. The van der Waals surface area contributed by atoms with Crippen LogP contribution < -0.4 is 10.2 Å². The summed E-state index contributed by atoms with van der Waals surface area (Å²) < 4.78 is 0. The molecule has 1 aliphatic heterocycles. The molecular weight excluding hydrogens is 212 g/mol. The van der Waals surface area contributed by atoms with E-state index in [1.165, 1.54) is 0 Å². The van der Waals surface area contributed by atoms with Gasteiger partial charge in [-0.25, -0.2) is 4.98 Å². The van der Waals surface area contributed by atoms with Crippen molar-refractivity contribution in [1.82, 2.24) is 10.3 Å². The van der Waals surface area contributed by atoms with Gasteiger partial charge in [0.05, 0.1) is 11.6 Å². The van der Waals surface area contributed by atoms with E-state index >= 15 is 0 Å². The molecule has 0 bridgehead atoms. The van der Waals surface area contributed by atoms with Crippen molar-refractivity contribution in [2.75, 3.05) is 24.5 Å². The van der Waals surface area contributed by atoms with Gasteiger partial charge in [-0.2, -0.15) is 5.26 Å². The molecule has 4 heteroatoms. The summed E-state index contributed by atoms with van der Waals surface area (Å²) in [5, 5.41) is 12.3. The van der Waals surface area contributed by atoms with Gasteiger partial charge in [-0.3, -0.25) is 0 Å². The molecule has 0 radical (unpaired) electrons. The molecule has 1 atom stereocenters. The third-order valence-corrected chi connectivity index (χ3v) is 3.11. The van der Waals surface area contributed by atoms with Crippen LogP contribution in [0.1, 0.15) is 25.3 Å². The Morgan fingerprint density at radius 3 is 3.18 bits per heavy atom. The lowest BCUT2D eigenvalue weighted by Crippen LogP contribution is -2.38. The lowest BCUT2D eigenvalue weighted by molar-refractivity contribution is 0.618. The van der Waals surface area contributed by atoms with Crippen LogP contribution in [0.5, 0.6) is 0 Å². The zero-order valence-corrected chi connectivity index (χ0v) is 10.2. The molecule has 1 fully saturated rings. The SMILES string of the molecule is CCCN(c1cc(C#N)ccn1)C1CCNC1. The fraction of sp³-hybridized carbons (Fsp3) is 0.538. The third-order valence-electron chi connectivity index (χ3n) is 3.11. The topological polar surface area (TPSA) is 52.0 Å². The predicted octanol–water partition coefficient (Wildman–Crippen LogP) is 1.53. The van der Waals surface area contributed by atoms with Crippen LogP contribution in [0.25, 0.3) is 0 Å². The summed E-state index contributed by atoms with van der Waals surface area (Å²) in [5.74, 6) is 0.930. The van der Waals surface area contributed by atoms with Gasteiger partial charge >= 0.3 is 0 Å². The summed E-state index contributed by atoms with van der Waals surface area (Å²) in [6, 6.07) is 6.32. The van der Waals surface area contributed by atoms with Crippen LogP contribution in [0.4, 0.5) is 5.82 Å². The van der Waals surface area contributed by atoms with E-state index in [-0.39, 0.29) is 0 Å². The van der Waals surface area contributed by atoms with E-state index in [1.54, 1.807) is 12.3 Å². The van der Waals surface area contributed by atoms with Crippen LogP contribution in [0.15, 0.2) is 18.3 Å². The van der Waals surface area contributed by atoms with Gasteiger partial charge in [-0.05, 0) is 31.5 Å². The highest BCUT2D eigenvalue weighted by Crippen LogP contribution is 2.19. The van der Waals surface area contributed by atoms with Gasteiger partial charge in [0.15, 0.2) is 0 Å². The van der Waals surface area contributed by atoms with E-state index in [0.29, 0.717) is 11.6 Å². The molecule has 1 saturated heterocycles. The Hall–Kier alpha value is -1.60. The Morgan fingerprint density at radius 1 is 1.65 bits per heavy atom. The van der Waals surface area contributed by atoms with Crippen molar-refractivity contribution in [2.24, 2.45) is 0 Å². The number of nitrogens with zero attached hydrogens (tertiary/aromatic N) is 3. The van der Waals surface area contributed by atoms with E-state index < -0.39 is 0 Å². The average Bonchev–Trinajstić information content (AvgIpc) is 2.89. The minimum Gasteiger partial charge on any atom is -0.352 e. The van der Waals surface area contributed by atoms with Gasteiger partial charge in [0.25, 0.3) is 0 Å². The van der Waals surface area contributed by atoms with Crippen LogP contribution in [-0.2, 0) is 0 Å². The highest BCUT2D eigenvalue weighted by Gasteiger charge is 2.22. The quantitative estimate of drug-likeness (QED) is 0.852. The van der Waals surface area contributed by atoms with Crippen molar-refractivity contribution in [1.29, 1.82) is 5.26 Å². The predicted molar refractivity (Wildman–Crippen MR) is 67.9 cm³/mol. The van der Waals surface area contributed by atoms with Crippen molar-refractivity contribution in [3.05, 3.63) is 23.9 Å². The lowest BCUT2D eigenvalue weighted by atomic mass is 10.2. The average molecular weight is 230 g/mol.